The number of halogens is 3. The Labute approximate surface area is 90.4 Å². The number of nitrogens with two attached hydrogens (primary N) is 1. The fourth-order valence-electron chi connectivity index (χ4n) is 1.12. The highest BCUT2D eigenvalue weighted by molar-refractivity contribution is 9.10. The minimum atomic E-state index is -2.81. The van der Waals surface area contributed by atoms with Crippen LogP contribution in [-0.4, -0.2) is 12.5 Å². The molecule has 2 N–H and O–H groups in total. The van der Waals surface area contributed by atoms with Gasteiger partial charge in [0.15, 0.2) is 0 Å². The molecule has 1 aromatic rings. The molecule has 1 rings (SSSR count). The van der Waals surface area contributed by atoms with Gasteiger partial charge in [0.25, 0.3) is 5.92 Å². The standard InChI is InChI=1S/C10H12BrF2N/c1-7-2-3-8(4-9(7)11)5-10(12,13)6-14/h2-4H,5-6,14H2,1H3. The van der Waals surface area contributed by atoms with Gasteiger partial charge in [0, 0.05) is 10.9 Å². The Bertz CT molecular complexity index is 326. The molecule has 0 amide bonds. The Hall–Kier alpha value is -0.480. The van der Waals surface area contributed by atoms with Crippen molar-refractivity contribution < 1.29 is 8.78 Å². The van der Waals surface area contributed by atoms with Crippen molar-refractivity contribution in [2.24, 2.45) is 5.73 Å². The van der Waals surface area contributed by atoms with Crippen LogP contribution in [0.2, 0.25) is 0 Å². The van der Waals surface area contributed by atoms with E-state index in [9.17, 15) is 8.78 Å². The zero-order valence-electron chi connectivity index (χ0n) is 7.86. The number of hydrogen-bond acceptors (Lipinski definition) is 1. The average molecular weight is 264 g/mol. The van der Waals surface area contributed by atoms with Crippen LogP contribution in [0.4, 0.5) is 8.78 Å². The van der Waals surface area contributed by atoms with E-state index in [0.717, 1.165) is 10.0 Å². The molecule has 0 bridgehead atoms. The zero-order chi connectivity index (χ0) is 10.8. The van der Waals surface area contributed by atoms with Gasteiger partial charge in [0.2, 0.25) is 0 Å². The molecule has 0 aliphatic heterocycles. The molecule has 0 unspecified atom stereocenters. The molecule has 14 heavy (non-hydrogen) atoms. The maximum Gasteiger partial charge on any atom is 0.264 e. The Balaban J connectivity index is 2.83. The third kappa shape index (κ3) is 3.03. The van der Waals surface area contributed by atoms with Crippen molar-refractivity contribution in [3.8, 4) is 0 Å². The molecule has 0 saturated carbocycles. The van der Waals surface area contributed by atoms with Gasteiger partial charge in [0.1, 0.15) is 0 Å². The lowest BCUT2D eigenvalue weighted by molar-refractivity contribution is 0.0115. The average Bonchev–Trinajstić information content (AvgIpc) is 2.11. The molecule has 4 heteroatoms. The van der Waals surface area contributed by atoms with Crippen molar-refractivity contribution in [2.45, 2.75) is 19.3 Å². The first-order valence-electron chi connectivity index (χ1n) is 4.27. The molecule has 0 saturated heterocycles. The van der Waals surface area contributed by atoms with Crippen LogP contribution < -0.4 is 5.73 Å². The van der Waals surface area contributed by atoms with Crippen LogP contribution in [-0.2, 0) is 6.42 Å². The second-order valence-corrected chi connectivity index (χ2v) is 4.17. The topological polar surface area (TPSA) is 26.0 Å². The molecule has 0 heterocycles. The molecule has 0 radical (unpaired) electrons. The minimum Gasteiger partial charge on any atom is -0.325 e. The highest BCUT2D eigenvalue weighted by Crippen LogP contribution is 2.23. The van der Waals surface area contributed by atoms with Crippen LogP contribution in [0.15, 0.2) is 22.7 Å². The quantitative estimate of drug-likeness (QED) is 0.892. The Morgan fingerprint density at radius 3 is 2.57 bits per heavy atom. The van der Waals surface area contributed by atoms with E-state index in [2.05, 4.69) is 15.9 Å². The summed E-state index contributed by atoms with van der Waals surface area (Å²) in [5.41, 5.74) is 6.59. The molecule has 1 aromatic carbocycles. The van der Waals surface area contributed by atoms with Crippen molar-refractivity contribution in [1.82, 2.24) is 0 Å². The minimum absolute atomic E-state index is 0.303. The second-order valence-electron chi connectivity index (χ2n) is 3.32. The van der Waals surface area contributed by atoms with Crippen LogP contribution in [0.1, 0.15) is 11.1 Å². The summed E-state index contributed by atoms with van der Waals surface area (Å²) in [4.78, 5) is 0. The van der Waals surface area contributed by atoms with E-state index in [1.54, 1.807) is 12.1 Å². The summed E-state index contributed by atoms with van der Waals surface area (Å²) >= 11 is 3.30. The SMILES string of the molecule is Cc1ccc(CC(F)(F)CN)cc1Br. The Kier molecular flexibility index (Phi) is 3.61. The van der Waals surface area contributed by atoms with Crippen LogP contribution >= 0.6 is 15.9 Å². The summed E-state index contributed by atoms with van der Waals surface area (Å²) in [6.45, 7) is 1.30. The molecule has 1 nitrogen and oxygen atoms in total. The number of benzene rings is 1. The lowest BCUT2D eigenvalue weighted by Gasteiger charge is -2.14. The van der Waals surface area contributed by atoms with E-state index in [0.29, 0.717) is 5.56 Å². The first-order valence-corrected chi connectivity index (χ1v) is 5.07. The van der Waals surface area contributed by atoms with Crippen molar-refractivity contribution in [2.75, 3.05) is 6.54 Å². The van der Waals surface area contributed by atoms with Crippen molar-refractivity contribution in [3.63, 3.8) is 0 Å². The maximum atomic E-state index is 12.9. The largest absolute Gasteiger partial charge is 0.325 e. The van der Waals surface area contributed by atoms with Gasteiger partial charge >= 0.3 is 0 Å². The normalized spacial score (nSPS) is 11.8. The van der Waals surface area contributed by atoms with E-state index >= 15 is 0 Å². The van der Waals surface area contributed by atoms with E-state index in [1.165, 1.54) is 0 Å². The Morgan fingerprint density at radius 2 is 2.07 bits per heavy atom. The summed E-state index contributed by atoms with van der Waals surface area (Å²) in [7, 11) is 0. The van der Waals surface area contributed by atoms with Gasteiger partial charge in [-0.1, -0.05) is 28.1 Å². The van der Waals surface area contributed by atoms with Crippen LogP contribution in [0.25, 0.3) is 0 Å². The van der Waals surface area contributed by atoms with Gasteiger partial charge in [-0.3, -0.25) is 0 Å². The van der Waals surface area contributed by atoms with Crippen LogP contribution in [0.3, 0.4) is 0 Å². The molecule has 0 aliphatic rings. The fourth-order valence-corrected chi connectivity index (χ4v) is 1.54. The van der Waals surface area contributed by atoms with E-state index in [-0.39, 0.29) is 6.42 Å². The lowest BCUT2D eigenvalue weighted by atomic mass is 10.1. The van der Waals surface area contributed by atoms with Crippen molar-refractivity contribution in [1.29, 1.82) is 0 Å². The summed E-state index contributed by atoms with van der Waals surface area (Å²) in [6.07, 6.45) is -0.303. The van der Waals surface area contributed by atoms with E-state index < -0.39 is 12.5 Å². The van der Waals surface area contributed by atoms with Gasteiger partial charge in [-0.25, -0.2) is 8.78 Å². The maximum absolute atomic E-state index is 12.9. The van der Waals surface area contributed by atoms with Crippen molar-refractivity contribution >= 4 is 15.9 Å². The summed E-state index contributed by atoms with van der Waals surface area (Å²) < 4.78 is 26.7. The highest BCUT2D eigenvalue weighted by atomic mass is 79.9. The Morgan fingerprint density at radius 1 is 1.43 bits per heavy atom. The van der Waals surface area contributed by atoms with Crippen molar-refractivity contribution in [3.05, 3.63) is 33.8 Å². The predicted octanol–water partition coefficient (Wildman–Crippen LogP) is 2.89. The smallest absolute Gasteiger partial charge is 0.264 e. The predicted molar refractivity (Wildman–Crippen MR) is 56.6 cm³/mol. The molecule has 0 atom stereocenters. The summed E-state index contributed by atoms with van der Waals surface area (Å²) in [5.74, 6) is -2.81. The number of hydrogen-bond donors (Lipinski definition) is 1. The first kappa shape index (κ1) is 11.6. The molecule has 0 aliphatic carbocycles. The molecule has 0 fully saturated rings. The van der Waals surface area contributed by atoms with Gasteiger partial charge in [-0.2, -0.15) is 0 Å². The zero-order valence-corrected chi connectivity index (χ0v) is 9.44. The third-order valence-corrected chi connectivity index (χ3v) is 2.85. The molecular weight excluding hydrogens is 252 g/mol. The van der Waals surface area contributed by atoms with Gasteiger partial charge < -0.3 is 5.73 Å². The number of alkyl halides is 2. The molecule has 78 valence electrons. The fraction of sp³-hybridized carbons (Fsp3) is 0.400. The monoisotopic (exact) mass is 263 g/mol. The summed E-state index contributed by atoms with van der Waals surface area (Å²) in [6, 6.07) is 5.22. The van der Waals surface area contributed by atoms with E-state index in [1.807, 2.05) is 13.0 Å². The lowest BCUT2D eigenvalue weighted by Crippen LogP contribution is -2.30. The van der Waals surface area contributed by atoms with Crippen LogP contribution in [0.5, 0.6) is 0 Å². The van der Waals surface area contributed by atoms with Gasteiger partial charge in [-0.15, -0.1) is 0 Å². The molecule has 0 spiro atoms. The summed E-state index contributed by atoms with van der Waals surface area (Å²) in [5, 5.41) is 0. The van der Waals surface area contributed by atoms with Gasteiger partial charge in [-0.05, 0) is 24.1 Å². The molecule has 0 aromatic heterocycles. The second kappa shape index (κ2) is 4.36. The number of aryl methyl sites for hydroxylation is 1. The first-order chi connectivity index (χ1) is 6.44. The molecular formula is C10H12BrF2N. The third-order valence-electron chi connectivity index (χ3n) is 2.00. The van der Waals surface area contributed by atoms with Gasteiger partial charge in [0.05, 0.1) is 6.54 Å². The number of rotatable bonds is 3. The van der Waals surface area contributed by atoms with Crippen LogP contribution in [0, 0.1) is 6.92 Å². The van der Waals surface area contributed by atoms with E-state index in [4.69, 9.17) is 5.73 Å². The highest BCUT2D eigenvalue weighted by Gasteiger charge is 2.26.